The lowest BCUT2D eigenvalue weighted by Gasteiger charge is -2.45. The molecule has 0 radical (unpaired) electrons. The van der Waals surface area contributed by atoms with Gasteiger partial charge in [0, 0.05) is 41.2 Å². The molecule has 1 saturated heterocycles. The van der Waals surface area contributed by atoms with Crippen molar-refractivity contribution in [2.45, 2.75) is 78.4 Å². The van der Waals surface area contributed by atoms with E-state index in [1.54, 1.807) is 6.92 Å². The lowest BCUT2D eigenvalue weighted by molar-refractivity contribution is -0.317. The van der Waals surface area contributed by atoms with Crippen LogP contribution in [0.5, 0.6) is 0 Å². The molecule has 0 saturated carbocycles. The molecule has 1 rings (SSSR count). The second-order valence-electron chi connectivity index (χ2n) is 6.60. The van der Waals surface area contributed by atoms with Crippen molar-refractivity contribution in [3.63, 3.8) is 0 Å². The van der Waals surface area contributed by atoms with E-state index in [0.717, 1.165) is 34.6 Å². The maximum Gasteiger partial charge on any atom is 0.303 e. The van der Waals surface area contributed by atoms with Crippen LogP contribution in [-0.2, 0) is 57.1 Å². The first-order chi connectivity index (χ1) is 14.5. The number of rotatable bonds is 9. The van der Waals surface area contributed by atoms with Gasteiger partial charge in [0.15, 0.2) is 30.7 Å². The summed E-state index contributed by atoms with van der Waals surface area (Å²) in [6, 6.07) is 0. The Morgan fingerprint density at radius 2 is 1.26 bits per heavy atom. The minimum absolute atomic E-state index is 0.113. The molecular formula is C19H28O12. The fourth-order valence-electron chi connectivity index (χ4n) is 3.01. The molecule has 0 aliphatic carbocycles. The van der Waals surface area contributed by atoms with Gasteiger partial charge in [0.25, 0.3) is 0 Å². The third-order valence-corrected chi connectivity index (χ3v) is 3.90. The summed E-state index contributed by atoms with van der Waals surface area (Å²) >= 11 is 0. The summed E-state index contributed by atoms with van der Waals surface area (Å²) in [4.78, 5) is 58.1. The van der Waals surface area contributed by atoms with Gasteiger partial charge in [-0.25, -0.2) is 0 Å². The molecule has 1 aliphatic heterocycles. The molecule has 1 aliphatic rings. The topological polar surface area (TPSA) is 150 Å². The summed E-state index contributed by atoms with van der Waals surface area (Å²) in [6.07, 6.45) is -7.87. The van der Waals surface area contributed by atoms with Crippen LogP contribution in [0.4, 0.5) is 0 Å². The van der Waals surface area contributed by atoms with Crippen molar-refractivity contribution in [1.29, 1.82) is 0 Å². The lowest BCUT2D eigenvalue weighted by atomic mass is 9.94. The quantitative estimate of drug-likeness (QED) is 0.346. The molecular weight excluding hydrogens is 420 g/mol. The van der Waals surface area contributed by atoms with Crippen LogP contribution < -0.4 is 0 Å². The van der Waals surface area contributed by atoms with Gasteiger partial charge in [-0.1, -0.05) is 0 Å². The molecule has 6 atom stereocenters. The van der Waals surface area contributed by atoms with Gasteiger partial charge in [0.05, 0.1) is 0 Å². The van der Waals surface area contributed by atoms with E-state index < -0.39 is 73.3 Å². The summed E-state index contributed by atoms with van der Waals surface area (Å²) in [5.41, 5.74) is 0. The number of ether oxygens (including phenoxy) is 7. The van der Waals surface area contributed by atoms with E-state index in [9.17, 15) is 24.0 Å². The maximum absolute atomic E-state index is 11.8. The largest absolute Gasteiger partial charge is 0.462 e. The Bertz CT molecular complexity index is 675. The average molecular weight is 448 g/mol. The molecule has 0 unspecified atom stereocenters. The van der Waals surface area contributed by atoms with Gasteiger partial charge >= 0.3 is 29.8 Å². The average Bonchev–Trinajstić information content (AvgIpc) is 2.62. The number of hydrogen-bond acceptors (Lipinski definition) is 12. The third kappa shape index (κ3) is 8.50. The maximum atomic E-state index is 11.8. The normalized spacial score (nSPS) is 26.2. The van der Waals surface area contributed by atoms with Crippen LogP contribution >= 0.6 is 0 Å². The number of carbonyl (C=O) groups is 5. The molecule has 12 heteroatoms. The van der Waals surface area contributed by atoms with E-state index in [1.807, 2.05) is 0 Å². The predicted octanol–water partition coefficient (Wildman–Crippen LogP) is 0.0377. The van der Waals surface area contributed by atoms with Crippen LogP contribution in [0.15, 0.2) is 0 Å². The minimum Gasteiger partial charge on any atom is -0.462 e. The smallest absolute Gasteiger partial charge is 0.303 e. The van der Waals surface area contributed by atoms with Crippen LogP contribution in [-0.4, -0.2) is 79.9 Å². The zero-order valence-corrected chi connectivity index (χ0v) is 18.3. The summed E-state index contributed by atoms with van der Waals surface area (Å²) in [5, 5.41) is 0. The Hall–Kier alpha value is -2.73. The van der Waals surface area contributed by atoms with Crippen LogP contribution in [0.2, 0.25) is 0 Å². The van der Waals surface area contributed by atoms with Crippen LogP contribution in [0, 0.1) is 0 Å². The summed E-state index contributed by atoms with van der Waals surface area (Å²) in [7, 11) is 0. The molecule has 0 bridgehead atoms. The predicted molar refractivity (Wildman–Crippen MR) is 99.1 cm³/mol. The molecule has 0 aromatic heterocycles. The molecule has 12 nitrogen and oxygen atoms in total. The van der Waals surface area contributed by atoms with Crippen molar-refractivity contribution in [3.05, 3.63) is 0 Å². The molecule has 1 fully saturated rings. The first-order valence-corrected chi connectivity index (χ1v) is 9.55. The number of carbonyl (C=O) groups excluding carboxylic acids is 5. The van der Waals surface area contributed by atoms with Gasteiger partial charge in [0.1, 0.15) is 12.7 Å². The zero-order chi connectivity index (χ0) is 23.7. The van der Waals surface area contributed by atoms with E-state index >= 15 is 0 Å². The van der Waals surface area contributed by atoms with Gasteiger partial charge in [-0.05, 0) is 6.92 Å². The van der Waals surface area contributed by atoms with Crippen molar-refractivity contribution >= 4 is 29.8 Å². The molecule has 176 valence electrons. The van der Waals surface area contributed by atoms with Crippen molar-refractivity contribution < 1.29 is 57.1 Å². The molecule has 0 spiro atoms. The highest BCUT2D eigenvalue weighted by Crippen LogP contribution is 2.32. The first-order valence-electron chi connectivity index (χ1n) is 9.55. The highest BCUT2D eigenvalue weighted by atomic mass is 16.7. The van der Waals surface area contributed by atoms with E-state index in [0.29, 0.717) is 0 Å². The Labute approximate surface area is 179 Å². The second-order valence-corrected chi connectivity index (χ2v) is 6.60. The standard InChI is InChI=1S/C19H28O12/c1-7-25-19-18(30-13(6)24)17(29-12(5)23)16(28-11(4)22)15(31-19)14(27-10(3)21)8-26-9(2)20/h14-19H,7-8H2,1-6H3/t14-,15+,16-,17-,18-,19-/m1/s1. The highest BCUT2D eigenvalue weighted by molar-refractivity contribution is 5.69. The Morgan fingerprint density at radius 1 is 0.742 bits per heavy atom. The van der Waals surface area contributed by atoms with Crippen molar-refractivity contribution in [3.8, 4) is 0 Å². The van der Waals surface area contributed by atoms with E-state index in [2.05, 4.69) is 0 Å². The van der Waals surface area contributed by atoms with E-state index in [1.165, 1.54) is 0 Å². The van der Waals surface area contributed by atoms with Gasteiger partial charge in [0.2, 0.25) is 0 Å². The Kier molecular flexibility index (Phi) is 10.4. The molecule has 1 heterocycles. The van der Waals surface area contributed by atoms with Gasteiger partial charge in [-0.15, -0.1) is 0 Å². The van der Waals surface area contributed by atoms with Crippen molar-refractivity contribution in [1.82, 2.24) is 0 Å². The molecule has 0 N–H and O–H groups in total. The fourth-order valence-corrected chi connectivity index (χ4v) is 3.01. The van der Waals surface area contributed by atoms with E-state index in [4.69, 9.17) is 33.2 Å². The first kappa shape index (κ1) is 26.3. The lowest BCUT2D eigenvalue weighted by Crippen LogP contribution is -2.65. The number of hydrogen-bond donors (Lipinski definition) is 0. The molecule has 0 aromatic rings. The summed E-state index contributed by atoms with van der Waals surface area (Å²) < 4.78 is 37.3. The van der Waals surface area contributed by atoms with Crippen LogP contribution in [0.3, 0.4) is 0 Å². The van der Waals surface area contributed by atoms with Gasteiger partial charge < -0.3 is 33.2 Å². The van der Waals surface area contributed by atoms with Crippen LogP contribution in [0.1, 0.15) is 41.5 Å². The monoisotopic (exact) mass is 448 g/mol. The summed E-state index contributed by atoms with van der Waals surface area (Å²) in [6.45, 7) is 6.92. The SMILES string of the molecule is CCO[C@@H]1O[C@@H]([C@@H](COC(C)=O)OC(C)=O)[C@@H](OC(C)=O)[C@@H](OC(C)=O)[C@H]1OC(C)=O. The Morgan fingerprint density at radius 3 is 1.71 bits per heavy atom. The third-order valence-electron chi connectivity index (χ3n) is 3.90. The zero-order valence-electron chi connectivity index (χ0n) is 18.3. The van der Waals surface area contributed by atoms with Crippen molar-refractivity contribution in [2.75, 3.05) is 13.2 Å². The molecule has 0 amide bonds. The van der Waals surface area contributed by atoms with Gasteiger partial charge in [-0.2, -0.15) is 0 Å². The molecule has 0 aromatic carbocycles. The fraction of sp³-hybridized carbons (Fsp3) is 0.737. The van der Waals surface area contributed by atoms with Gasteiger partial charge in [-0.3, -0.25) is 24.0 Å². The highest BCUT2D eigenvalue weighted by Gasteiger charge is 2.55. The summed E-state index contributed by atoms with van der Waals surface area (Å²) in [5.74, 6) is -3.67. The minimum atomic E-state index is -1.39. The number of esters is 5. The Balaban J connectivity index is 3.46. The van der Waals surface area contributed by atoms with E-state index in [-0.39, 0.29) is 6.61 Å². The van der Waals surface area contributed by atoms with Crippen LogP contribution in [0.25, 0.3) is 0 Å². The molecule has 31 heavy (non-hydrogen) atoms. The second kappa shape index (κ2) is 12.2. The van der Waals surface area contributed by atoms with Crippen molar-refractivity contribution in [2.24, 2.45) is 0 Å².